The first-order chi connectivity index (χ1) is 14.1. The second kappa shape index (κ2) is 8.87. The average Bonchev–Trinajstić information content (AvgIpc) is 3.29. The van der Waals surface area contributed by atoms with Crippen LogP contribution in [0.15, 0.2) is 48.5 Å². The van der Waals surface area contributed by atoms with Gasteiger partial charge in [0.2, 0.25) is 5.91 Å². The van der Waals surface area contributed by atoms with Gasteiger partial charge in [0, 0.05) is 19.1 Å². The molecule has 5 nitrogen and oxygen atoms in total. The van der Waals surface area contributed by atoms with Crippen molar-refractivity contribution in [2.24, 2.45) is 5.92 Å². The lowest BCUT2D eigenvalue weighted by molar-refractivity contribution is -0.132. The number of nitrogens with zero attached hydrogens (tertiary/aromatic N) is 1. The summed E-state index contributed by atoms with van der Waals surface area (Å²) in [5.41, 5.74) is 2.12. The summed E-state index contributed by atoms with van der Waals surface area (Å²) in [5.74, 6) is 2.03. The summed E-state index contributed by atoms with van der Waals surface area (Å²) in [5, 5.41) is 3.68. The van der Waals surface area contributed by atoms with Crippen LogP contribution >= 0.6 is 0 Å². The third-order valence-corrected chi connectivity index (χ3v) is 5.74. The van der Waals surface area contributed by atoms with Crippen LogP contribution in [-0.4, -0.2) is 37.1 Å². The standard InChI is InChI=1S/C24H30N2O3/c1-17(2)22(19-10-11-20-21(16-19)29-15-14-28-20)25-23(18-8-4-3-5-9-18)24(27)26-12-6-7-13-26/h3-5,8-11,16-17,22-23,25H,6-7,12-15H2,1-2H3/t22-,23-/m0/s1. The summed E-state index contributed by atoms with van der Waals surface area (Å²) < 4.78 is 11.5. The molecular weight excluding hydrogens is 364 g/mol. The second-order valence-corrected chi connectivity index (χ2v) is 8.17. The molecular formula is C24H30N2O3. The van der Waals surface area contributed by atoms with Crippen molar-refractivity contribution in [3.05, 3.63) is 59.7 Å². The van der Waals surface area contributed by atoms with E-state index in [2.05, 4.69) is 31.3 Å². The van der Waals surface area contributed by atoms with Crippen molar-refractivity contribution in [1.82, 2.24) is 10.2 Å². The zero-order valence-electron chi connectivity index (χ0n) is 17.3. The summed E-state index contributed by atoms with van der Waals surface area (Å²) in [6, 6.07) is 15.8. The molecule has 0 aromatic heterocycles. The van der Waals surface area contributed by atoms with Crippen LogP contribution in [0.25, 0.3) is 0 Å². The van der Waals surface area contributed by atoms with Crippen LogP contribution in [0.2, 0.25) is 0 Å². The van der Waals surface area contributed by atoms with Crippen molar-refractivity contribution in [2.45, 2.75) is 38.8 Å². The lowest BCUT2D eigenvalue weighted by Gasteiger charge is -2.31. The predicted octanol–water partition coefficient (Wildman–Crippen LogP) is 4.11. The molecule has 1 saturated heterocycles. The van der Waals surface area contributed by atoms with Crippen LogP contribution in [0.3, 0.4) is 0 Å². The minimum Gasteiger partial charge on any atom is -0.486 e. The smallest absolute Gasteiger partial charge is 0.244 e. The molecule has 2 aliphatic heterocycles. The number of nitrogens with one attached hydrogen (secondary N) is 1. The van der Waals surface area contributed by atoms with E-state index in [4.69, 9.17) is 9.47 Å². The number of hydrogen-bond donors (Lipinski definition) is 1. The van der Waals surface area contributed by atoms with Crippen LogP contribution < -0.4 is 14.8 Å². The largest absolute Gasteiger partial charge is 0.486 e. The maximum Gasteiger partial charge on any atom is 0.244 e. The third-order valence-electron chi connectivity index (χ3n) is 5.74. The van der Waals surface area contributed by atoms with Crippen molar-refractivity contribution < 1.29 is 14.3 Å². The van der Waals surface area contributed by atoms with Gasteiger partial charge in [0.25, 0.3) is 0 Å². The fourth-order valence-corrected chi connectivity index (χ4v) is 4.18. The molecule has 0 spiro atoms. The fourth-order valence-electron chi connectivity index (χ4n) is 4.18. The molecule has 2 aliphatic rings. The minimum absolute atomic E-state index is 0.0163. The van der Waals surface area contributed by atoms with E-state index in [9.17, 15) is 4.79 Å². The van der Waals surface area contributed by atoms with Gasteiger partial charge in [-0.2, -0.15) is 0 Å². The lowest BCUT2D eigenvalue weighted by Crippen LogP contribution is -2.42. The van der Waals surface area contributed by atoms with Crippen molar-refractivity contribution in [2.75, 3.05) is 26.3 Å². The van der Waals surface area contributed by atoms with Crippen LogP contribution in [0.5, 0.6) is 11.5 Å². The molecule has 5 heteroatoms. The van der Waals surface area contributed by atoms with Crippen LogP contribution in [0, 0.1) is 5.92 Å². The molecule has 29 heavy (non-hydrogen) atoms. The quantitative estimate of drug-likeness (QED) is 0.801. The van der Waals surface area contributed by atoms with Crippen molar-refractivity contribution in [3.63, 3.8) is 0 Å². The normalized spacial score (nSPS) is 18.0. The Hall–Kier alpha value is -2.53. The number of fused-ring (bicyclic) bond motifs is 1. The van der Waals surface area contributed by atoms with Crippen LogP contribution in [-0.2, 0) is 4.79 Å². The number of amides is 1. The van der Waals surface area contributed by atoms with E-state index in [1.165, 1.54) is 0 Å². The number of likely N-dealkylation sites (tertiary alicyclic amines) is 1. The van der Waals surface area contributed by atoms with Gasteiger partial charge in [0.15, 0.2) is 11.5 Å². The van der Waals surface area contributed by atoms with Crippen molar-refractivity contribution in [1.29, 1.82) is 0 Å². The number of ether oxygens (including phenoxy) is 2. The molecule has 2 heterocycles. The van der Waals surface area contributed by atoms with Gasteiger partial charge in [-0.05, 0) is 42.0 Å². The molecule has 0 bridgehead atoms. The Morgan fingerprint density at radius 1 is 0.931 bits per heavy atom. The van der Waals surface area contributed by atoms with E-state index in [-0.39, 0.29) is 18.0 Å². The molecule has 1 fully saturated rings. The zero-order valence-corrected chi connectivity index (χ0v) is 17.3. The summed E-state index contributed by atoms with van der Waals surface area (Å²) in [6.45, 7) is 7.20. The Kier molecular flexibility index (Phi) is 6.05. The monoisotopic (exact) mass is 394 g/mol. The maximum atomic E-state index is 13.4. The zero-order chi connectivity index (χ0) is 20.2. The van der Waals surface area contributed by atoms with Crippen molar-refractivity contribution >= 4 is 5.91 Å². The van der Waals surface area contributed by atoms with E-state index in [0.717, 1.165) is 48.6 Å². The molecule has 4 rings (SSSR count). The minimum atomic E-state index is -0.366. The maximum absolute atomic E-state index is 13.4. The highest BCUT2D eigenvalue weighted by Gasteiger charge is 2.31. The summed E-state index contributed by atoms with van der Waals surface area (Å²) in [6.07, 6.45) is 2.17. The van der Waals surface area contributed by atoms with Gasteiger partial charge in [-0.1, -0.05) is 50.2 Å². The molecule has 1 amide bonds. The number of carbonyl (C=O) groups excluding carboxylic acids is 1. The van der Waals surface area contributed by atoms with Crippen molar-refractivity contribution in [3.8, 4) is 11.5 Å². The lowest BCUT2D eigenvalue weighted by atomic mass is 9.93. The molecule has 1 N–H and O–H groups in total. The highest BCUT2D eigenvalue weighted by Crippen LogP contribution is 2.35. The van der Waals surface area contributed by atoms with Gasteiger partial charge >= 0.3 is 0 Å². The van der Waals surface area contributed by atoms with E-state index in [1.807, 2.05) is 41.3 Å². The first kappa shape index (κ1) is 19.8. The number of hydrogen-bond acceptors (Lipinski definition) is 4. The van der Waals surface area contributed by atoms with Crippen LogP contribution in [0.4, 0.5) is 0 Å². The van der Waals surface area contributed by atoms with E-state index in [0.29, 0.717) is 19.1 Å². The first-order valence-electron chi connectivity index (χ1n) is 10.6. The van der Waals surface area contributed by atoms with Gasteiger partial charge in [-0.3, -0.25) is 10.1 Å². The summed E-state index contributed by atoms with van der Waals surface area (Å²) in [7, 11) is 0. The molecule has 2 aromatic carbocycles. The van der Waals surface area contributed by atoms with Gasteiger partial charge < -0.3 is 14.4 Å². The Labute approximate surface area is 173 Å². The Bertz CT molecular complexity index is 831. The van der Waals surface area contributed by atoms with Gasteiger partial charge in [-0.25, -0.2) is 0 Å². The SMILES string of the molecule is CC(C)[C@H](N[C@H](C(=O)N1CCCC1)c1ccccc1)c1ccc2c(c1)OCCO2. The topological polar surface area (TPSA) is 50.8 Å². The molecule has 154 valence electrons. The molecule has 0 radical (unpaired) electrons. The molecule has 0 aliphatic carbocycles. The first-order valence-corrected chi connectivity index (χ1v) is 10.6. The second-order valence-electron chi connectivity index (χ2n) is 8.17. The molecule has 0 unspecified atom stereocenters. The van der Waals surface area contributed by atoms with Gasteiger partial charge in [0.1, 0.15) is 19.3 Å². The summed E-state index contributed by atoms with van der Waals surface area (Å²) in [4.78, 5) is 15.4. The number of rotatable bonds is 6. The highest BCUT2D eigenvalue weighted by molar-refractivity contribution is 5.83. The van der Waals surface area contributed by atoms with E-state index < -0.39 is 0 Å². The molecule has 2 atom stereocenters. The predicted molar refractivity (Wildman–Crippen MR) is 113 cm³/mol. The number of carbonyl (C=O) groups is 1. The third kappa shape index (κ3) is 4.40. The van der Waals surface area contributed by atoms with E-state index >= 15 is 0 Å². The Morgan fingerprint density at radius 3 is 2.31 bits per heavy atom. The molecule has 2 aromatic rings. The average molecular weight is 395 g/mol. The summed E-state index contributed by atoms with van der Waals surface area (Å²) >= 11 is 0. The highest BCUT2D eigenvalue weighted by atomic mass is 16.6. The fraction of sp³-hybridized carbons (Fsp3) is 0.458. The number of benzene rings is 2. The van der Waals surface area contributed by atoms with E-state index in [1.54, 1.807) is 0 Å². The van der Waals surface area contributed by atoms with Crippen LogP contribution in [0.1, 0.15) is 49.9 Å². The Morgan fingerprint density at radius 2 is 1.62 bits per heavy atom. The van der Waals surface area contributed by atoms with Gasteiger partial charge in [-0.15, -0.1) is 0 Å². The van der Waals surface area contributed by atoms with Gasteiger partial charge in [0.05, 0.1) is 0 Å². The molecule has 0 saturated carbocycles. The Balaban J connectivity index is 1.63.